The average molecular weight is 343 g/mol. The van der Waals surface area contributed by atoms with Gasteiger partial charge in [0.1, 0.15) is 16.1 Å². The number of thiazole rings is 1. The topological polar surface area (TPSA) is 89.8 Å². The molecule has 0 bridgehead atoms. The molecule has 0 saturated carbocycles. The second kappa shape index (κ2) is 5.52. The molecule has 7 nitrogen and oxygen atoms in total. The number of nitrogens with zero attached hydrogens (tertiary/aromatic N) is 4. The highest BCUT2D eigenvalue weighted by molar-refractivity contribution is 7.25. The van der Waals surface area contributed by atoms with Crippen molar-refractivity contribution < 1.29 is 4.79 Å². The Kier molecular flexibility index (Phi) is 3.36. The van der Waals surface area contributed by atoms with Crippen molar-refractivity contribution in [2.75, 3.05) is 5.32 Å². The summed E-state index contributed by atoms with van der Waals surface area (Å²) in [7, 11) is 0. The fraction of sp³-hybridized carbons (Fsp3) is 0.0714. The Morgan fingerprint density at radius 1 is 1.26 bits per heavy atom. The monoisotopic (exact) mass is 343 g/mol. The van der Waals surface area contributed by atoms with Crippen molar-refractivity contribution in [1.29, 1.82) is 0 Å². The number of hydrogen-bond acceptors (Lipinski definition) is 7. The minimum Gasteiger partial charge on any atom is -0.300 e. The highest BCUT2D eigenvalue weighted by Crippen LogP contribution is 2.27. The number of aromatic nitrogens is 4. The van der Waals surface area contributed by atoms with Crippen LogP contribution in [0, 0.1) is 0 Å². The molecule has 1 N–H and O–H groups in total. The molecule has 4 rings (SSSR count). The van der Waals surface area contributed by atoms with Crippen LogP contribution in [0.3, 0.4) is 0 Å². The van der Waals surface area contributed by atoms with Crippen molar-refractivity contribution in [3.63, 3.8) is 0 Å². The summed E-state index contributed by atoms with van der Waals surface area (Å²) < 4.78 is 1.80. The smallest absolute Gasteiger partial charge is 0.271 e. The number of thiophene rings is 1. The molecule has 0 spiro atoms. The lowest BCUT2D eigenvalue weighted by atomic mass is 10.3. The van der Waals surface area contributed by atoms with Gasteiger partial charge < -0.3 is 5.32 Å². The summed E-state index contributed by atoms with van der Waals surface area (Å²) in [4.78, 5) is 37.9. The number of carbonyl (C=O) groups excluding carboxylic acids is 1. The molecule has 0 atom stereocenters. The van der Waals surface area contributed by atoms with E-state index in [-0.39, 0.29) is 18.0 Å². The first-order chi connectivity index (χ1) is 11.2. The molecule has 0 unspecified atom stereocenters. The van der Waals surface area contributed by atoms with Crippen molar-refractivity contribution >= 4 is 54.1 Å². The maximum Gasteiger partial charge on any atom is 0.271 e. The third kappa shape index (κ3) is 2.49. The zero-order chi connectivity index (χ0) is 15.8. The standard InChI is InChI=1S/C14H9N5O2S2/c20-9(18-14-16-4-5-22-14)6-19-7-17-10-8-2-1-3-15-12(8)23-11(10)13(19)21/h1-5,7H,6H2,(H,16,18,20). The van der Waals surface area contributed by atoms with Crippen molar-refractivity contribution in [2.24, 2.45) is 0 Å². The van der Waals surface area contributed by atoms with Crippen LogP contribution in [0.15, 0.2) is 41.0 Å². The lowest BCUT2D eigenvalue weighted by Crippen LogP contribution is -2.27. The van der Waals surface area contributed by atoms with Gasteiger partial charge >= 0.3 is 0 Å². The fourth-order valence-electron chi connectivity index (χ4n) is 2.21. The third-order valence-corrected chi connectivity index (χ3v) is 4.99. The van der Waals surface area contributed by atoms with E-state index < -0.39 is 0 Å². The number of rotatable bonds is 3. The van der Waals surface area contributed by atoms with Crippen LogP contribution in [-0.2, 0) is 11.3 Å². The molecule has 23 heavy (non-hydrogen) atoms. The highest BCUT2D eigenvalue weighted by atomic mass is 32.1. The molecule has 0 radical (unpaired) electrons. The van der Waals surface area contributed by atoms with Crippen molar-refractivity contribution in [3.8, 4) is 0 Å². The van der Waals surface area contributed by atoms with E-state index in [2.05, 4.69) is 20.3 Å². The van der Waals surface area contributed by atoms with Crippen LogP contribution in [0.25, 0.3) is 20.4 Å². The number of fused-ring (bicyclic) bond motifs is 3. The van der Waals surface area contributed by atoms with Crippen LogP contribution in [-0.4, -0.2) is 25.4 Å². The first-order valence-electron chi connectivity index (χ1n) is 6.64. The molecule has 4 aromatic rings. The van der Waals surface area contributed by atoms with E-state index in [1.54, 1.807) is 17.8 Å². The van der Waals surface area contributed by atoms with E-state index in [1.165, 1.54) is 33.6 Å². The van der Waals surface area contributed by atoms with E-state index in [1.807, 2.05) is 12.1 Å². The minimum atomic E-state index is -0.317. The summed E-state index contributed by atoms with van der Waals surface area (Å²) in [6.07, 6.45) is 4.67. The lowest BCUT2D eigenvalue weighted by Gasteiger charge is -2.04. The van der Waals surface area contributed by atoms with Crippen LogP contribution >= 0.6 is 22.7 Å². The number of pyridine rings is 1. The predicted molar refractivity (Wildman–Crippen MR) is 89.9 cm³/mol. The summed E-state index contributed by atoms with van der Waals surface area (Å²) in [5, 5.41) is 5.76. The van der Waals surface area contributed by atoms with Gasteiger partial charge in [0.25, 0.3) is 5.56 Å². The van der Waals surface area contributed by atoms with Gasteiger partial charge in [-0.15, -0.1) is 22.7 Å². The predicted octanol–water partition coefficient (Wildman–Crippen LogP) is 2.10. The first-order valence-corrected chi connectivity index (χ1v) is 8.34. The van der Waals surface area contributed by atoms with Gasteiger partial charge in [-0.1, -0.05) is 0 Å². The third-order valence-electron chi connectivity index (χ3n) is 3.21. The average Bonchev–Trinajstić information content (AvgIpc) is 3.17. The first kappa shape index (κ1) is 14.0. The number of anilines is 1. The summed E-state index contributed by atoms with van der Waals surface area (Å²) >= 11 is 2.61. The Morgan fingerprint density at radius 2 is 2.17 bits per heavy atom. The van der Waals surface area contributed by atoms with Crippen molar-refractivity contribution in [3.05, 3.63) is 46.6 Å². The number of nitrogens with one attached hydrogen (secondary N) is 1. The van der Waals surface area contributed by atoms with Gasteiger partial charge in [0.2, 0.25) is 5.91 Å². The van der Waals surface area contributed by atoms with Gasteiger partial charge in [-0.25, -0.2) is 15.0 Å². The molecule has 0 aliphatic heterocycles. The fourth-order valence-corrected chi connectivity index (χ4v) is 3.80. The zero-order valence-electron chi connectivity index (χ0n) is 11.6. The molecule has 0 aliphatic rings. The van der Waals surface area contributed by atoms with Gasteiger partial charge in [0.15, 0.2) is 5.13 Å². The van der Waals surface area contributed by atoms with E-state index in [4.69, 9.17) is 0 Å². The number of amides is 1. The molecule has 0 fully saturated rings. The molecular weight excluding hydrogens is 334 g/mol. The summed E-state index contributed by atoms with van der Waals surface area (Å²) in [6, 6.07) is 3.69. The highest BCUT2D eigenvalue weighted by Gasteiger charge is 2.14. The normalized spacial score (nSPS) is 11.1. The molecule has 9 heteroatoms. The molecule has 114 valence electrons. The van der Waals surface area contributed by atoms with Crippen molar-refractivity contribution in [2.45, 2.75) is 6.54 Å². The summed E-state index contributed by atoms with van der Waals surface area (Å²) in [5.74, 6) is -0.317. The van der Waals surface area contributed by atoms with Gasteiger partial charge in [-0.3, -0.25) is 14.2 Å². The van der Waals surface area contributed by atoms with E-state index in [9.17, 15) is 9.59 Å². The van der Waals surface area contributed by atoms with Gasteiger partial charge in [0.05, 0.1) is 11.8 Å². The second-order valence-electron chi connectivity index (χ2n) is 4.70. The molecule has 0 saturated heterocycles. The second-order valence-corrected chi connectivity index (χ2v) is 6.59. The summed E-state index contributed by atoms with van der Waals surface area (Å²) in [6.45, 7) is -0.108. The number of carbonyl (C=O) groups is 1. The largest absolute Gasteiger partial charge is 0.300 e. The Labute approximate surface area is 137 Å². The SMILES string of the molecule is O=C(Cn1cnc2c(sc3ncccc32)c1=O)Nc1nccs1. The van der Waals surface area contributed by atoms with E-state index in [0.29, 0.717) is 15.3 Å². The molecule has 1 amide bonds. The van der Waals surface area contributed by atoms with Crippen LogP contribution in [0.1, 0.15) is 0 Å². The van der Waals surface area contributed by atoms with Crippen LogP contribution < -0.4 is 10.9 Å². The van der Waals surface area contributed by atoms with Crippen molar-refractivity contribution in [1.82, 2.24) is 19.5 Å². The Hall–Kier alpha value is -2.65. The van der Waals surface area contributed by atoms with E-state index >= 15 is 0 Å². The van der Waals surface area contributed by atoms with Crippen LogP contribution in [0.2, 0.25) is 0 Å². The van der Waals surface area contributed by atoms with Crippen LogP contribution in [0.5, 0.6) is 0 Å². The molecular formula is C14H9N5O2S2. The molecule has 0 aliphatic carbocycles. The van der Waals surface area contributed by atoms with E-state index in [0.717, 1.165) is 10.2 Å². The quantitative estimate of drug-likeness (QED) is 0.615. The Morgan fingerprint density at radius 3 is 3.00 bits per heavy atom. The zero-order valence-corrected chi connectivity index (χ0v) is 13.2. The molecule has 0 aromatic carbocycles. The van der Waals surface area contributed by atoms with Gasteiger partial charge in [0, 0.05) is 23.2 Å². The maximum atomic E-state index is 12.5. The Balaban J connectivity index is 1.70. The van der Waals surface area contributed by atoms with Gasteiger partial charge in [-0.2, -0.15) is 0 Å². The lowest BCUT2D eigenvalue weighted by molar-refractivity contribution is -0.116. The van der Waals surface area contributed by atoms with Gasteiger partial charge in [-0.05, 0) is 12.1 Å². The van der Waals surface area contributed by atoms with Crippen LogP contribution in [0.4, 0.5) is 5.13 Å². The molecule has 4 heterocycles. The Bertz CT molecular complexity index is 1070. The maximum absolute atomic E-state index is 12.5. The number of hydrogen-bond donors (Lipinski definition) is 1. The summed E-state index contributed by atoms with van der Waals surface area (Å²) in [5.41, 5.74) is 0.381. The molecule has 4 aromatic heterocycles. The minimum absolute atomic E-state index is 0.108.